The van der Waals surface area contributed by atoms with Crippen molar-refractivity contribution in [3.05, 3.63) is 35.4 Å². The van der Waals surface area contributed by atoms with Crippen LogP contribution in [-0.4, -0.2) is 37.6 Å². The van der Waals surface area contributed by atoms with Gasteiger partial charge in [0.15, 0.2) is 0 Å². The van der Waals surface area contributed by atoms with Crippen LogP contribution in [0, 0.1) is 17.8 Å². The first-order chi connectivity index (χ1) is 12.7. The van der Waals surface area contributed by atoms with Crippen molar-refractivity contribution in [2.75, 3.05) is 37.6 Å². The summed E-state index contributed by atoms with van der Waals surface area (Å²) in [6.45, 7) is 20.1. The second-order valence-electron chi connectivity index (χ2n) is 10.4. The maximum Gasteiger partial charge on any atom is 0.0443 e. The molecule has 0 N–H and O–H groups in total. The molecule has 0 radical (unpaired) electrons. The molecule has 2 nitrogen and oxygen atoms in total. The third-order valence-corrected chi connectivity index (χ3v) is 6.21. The lowest BCUT2D eigenvalue weighted by Gasteiger charge is -2.41. The van der Waals surface area contributed by atoms with Crippen molar-refractivity contribution in [1.82, 2.24) is 4.90 Å². The average molecular weight is 369 g/mol. The number of benzene rings is 1. The molecule has 2 heteroatoms. The van der Waals surface area contributed by atoms with Gasteiger partial charge in [-0.3, -0.25) is 4.90 Å². The van der Waals surface area contributed by atoms with E-state index in [1.165, 1.54) is 62.1 Å². The number of piperazine rings is 1. The molecule has 3 rings (SSSR count). The molecule has 0 unspecified atom stereocenters. The van der Waals surface area contributed by atoms with Gasteiger partial charge in [0.25, 0.3) is 0 Å². The molecule has 0 spiro atoms. The first-order valence-electron chi connectivity index (χ1n) is 11.0. The van der Waals surface area contributed by atoms with Crippen LogP contribution in [0.5, 0.6) is 0 Å². The summed E-state index contributed by atoms with van der Waals surface area (Å²) in [5.74, 6) is 0. The predicted octanol–water partition coefficient (Wildman–Crippen LogP) is 6.15. The minimum atomic E-state index is 0.275. The number of nitrogens with zero attached hydrogens (tertiary/aromatic N) is 2. The number of unbranched alkanes of at least 4 members (excludes halogenated alkanes) is 1. The molecule has 1 aromatic rings. The van der Waals surface area contributed by atoms with Crippen molar-refractivity contribution < 1.29 is 0 Å². The Bertz CT molecular complexity index is 676. The van der Waals surface area contributed by atoms with E-state index in [1.807, 2.05) is 0 Å². The van der Waals surface area contributed by atoms with Crippen molar-refractivity contribution in [2.24, 2.45) is 10.8 Å². The van der Waals surface area contributed by atoms with Crippen LogP contribution in [-0.2, 0) is 0 Å². The normalized spacial score (nSPS) is 22.6. The van der Waals surface area contributed by atoms with Crippen molar-refractivity contribution in [2.45, 2.75) is 67.2 Å². The third kappa shape index (κ3) is 5.16. The van der Waals surface area contributed by atoms with Gasteiger partial charge < -0.3 is 4.90 Å². The zero-order valence-corrected chi connectivity index (χ0v) is 18.6. The van der Waals surface area contributed by atoms with E-state index in [0.717, 1.165) is 13.1 Å². The maximum atomic E-state index is 2.64. The summed E-state index contributed by atoms with van der Waals surface area (Å²) in [6.07, 6.45) is 7.63. The zero-order chi connectivity index (χ0) is 19.7. The molecule has 0 aromatic heterocycles. The van der Waals surface area contributed by atoms with Crippen LogP contribution >= 0.6 is 0 Å². The van der Waals surface area contributed by atoms with Crippen molar-refractivity contribution in [3.8, 4) is 0 Å². The van der Waals surface area contributed by atoms with Crippen LogP contribution < -0.4 is 4.90 Å². The van der Waals surface area contributed by atoms with E-state index < -0.39 is 0 Å². The summed E-state index contributed by atoms with van der Waals surface area (Å²) in [7, 11) is 0. The molecule has 0 bridgehead atoms. The summed E-state index contributed by atoms with van der Waals surface area (Å²) >= 11 is 0. The number of aryl methyl sites for hydroxylation is 1. The molecule has 2 aliphatic rings. The minimum Gasteiger partial charge on any atom is -0.368 e. The summed E-state index contributed by atoms with van der Waals surface area (Å²) < 4.78 is 0. The lowest BCUT2D eigenvalue weighted by atomic mass is 9.65. The Morgan fingerprint density at radius 2 is 1.70 bits per heavy atom. The smallest absolute Gasteiger partial charge is 0.0443 e. The van der Waals surface area contributed by atoms with Crippen molar-refractivity contribution in [1.29, 1.82) is 0 Å². The highest BCUT2D eigenvalue weighted by Gasteiger charge is 2.34. The van der Waals surface area contributed by atoms with Gasteiger partial charge in [-0.2, -0.15) is 0 Å². The first-order valence-corrected chi connectivity index (χ1v) is 11.0. The Balaban J connectivity index is 1.86. The average Bonchev–Trinajstić information content (AvgIpc) is 2.58. The van der Waals surface area contributed by atoms with E-state index in [0.29, 0.717) is 5.41 Å². The van der Waals surface area contributed by atoms with E-state index in [-0.39, 0.29) is 5.41 Å². The second-order valence-corrected chi connectivity index (χ2v) is 10.4. The van der Waals surface area contributed by atoms with Crippen molar-refractivity contribution in [3.63, 3.8) is 0 Å². The molecular formula is C25H40N2. The number of rotatable bonds is 5. The standard InChI is InChI=1S/C25H40N2/c1-7-8-11-26-12-14-27(15-13-26)23-10-9-20(2)16-22(23)21-17-24(3,4)19-25(5,6)18-21/h9-10,16-17H,7-8,11-15,18-19H2,1-6H3. The number of allylic oxidation sites excluding steroid dienone is 2. The van der Waals surface area contributed by atoms with E-state index in [4.69, 9.17) is 0 Å². The molecule has 1 saturated heterocycles. The van der Waals surface area contributed by atoms with Crippen LogP contribution in [0.4, 0.5) is 5.69 Å². The van der Waals surface area contributed by atoms with Gasteiger partial charge >= 0.3 is 0 Å². The zero-order valence-electron chi connectivity index (χ0n) is 18.6. The maximum absolute atomic E-state index is 2.64. The van der Waals surface area contributed by atoms with Gasteiger partial charge in [0.1, 0.15) is 0 Å². The van der Waals surface area contributed by atoms with Gasteiger partial charge in [-0.1, -0.05) is 58.7 Å². The summed E-state index contributed by atoms with van der Waals surface area (Å²) in [5.41, 5.74) is 6.51. The molecule has 1 aliphatic carbocycles. The number of anilines is 1. The van der Waals surface area contributed by atoms with Crippen LogP contribution in [0.1, 0.15) is 71.4 Å². The molecule has 0 atom stereocenters. The van der Waals surface area contributed by atoms with E-state index in [1.54, 1.807) is 5.57 Å². The summed E-state index contributed by atoms with van der Waals surface area (Å²) in [6, 6.07) is 7.10. The van der Waals surface area contributed by atoms with Crippen molar-refractivity contribution >= 4 is 11.3 Å². The molecule has 1 aromatic carbocycles. The molecule has 27 heavy (non-hydrogen) atoms. The number of hydrogen-bond acceptors (Lipinski definition) is 2. The highest BCUT2D eigenvalue weighted by atomic mass is 15.3. The number of hydrogen-bond donors (Lipinski definition) is 0. The largest absolute Gasteiger partial charge is 0.368 e. The molecule has 1 aliphatic heterocycles. The molecule has 0 saturated carbocycles. The fourth-order valence-corrected chi connectivity index (χ4v) is 5.34. The fourth-order valence-electron chi connectivity index (χ4n) is 5.34. The second kappa shape index (κ2) is 7.99. The summed E-state index contributed by atoms with van der Waals surface area (Å²) in [4.78, 5) is 5.27. The summed E-state index contributed by atoms with van der Waals surface area (Å²) in [5, 5.41) is 0. The molecule has 150 valence electrons. The monoisotopic (exact) mass is 368 g/mol. The van der Waals surface area contributed by atoms with Crippen LogP contribution in [0.3, 0.4) is 0 Å². The molecule has 0 amide bonds. The predicted molar refractivity (Wildman–Crippen MR) is 120 cm³/mol. The Morgan fingerprint density at radius 1 is 1.00 bits per heavy atom. The minimum absolute atomic E-state index is 0.275. The van der Waals surface area contributed by atoms with Gasteiger partial charge in [0.05, 0.1) is 0 Å². The van der Waals surface area contributed by atoms with Gasteiger partial charge in [-0.05, 0) is 61.3 Å². The highest BCUT2D eigenvalue weighted by molar-refractivity contribution is 5.79. The molecule has 1 heterocycles. The highest BCUT2D eigenvalue weighted by Crippen LogP contribution is 2.48. The Hall–Kier alpha value is -1.28. The van der Waals surface area contributed by atoms with Gasteiger partial charge in [-0.25, -0.2) is 0 Å². The van der Waals surface area contributed by atoms with E-state index in [2.05, 4.69) is 75.6 Å². The SMILES string of the molecule is CCCCN1CCN(c2ccc(C)cc2C2=CC(C)(C)CC(C)(C)C2)CC1. The quantitative estimate of drug-likeness (QED) is 0.615. The Kier molecular flexibility index (Phi) is 6.05. The lowest BCUT2D eigenvalue weighted by Crippen LogP contribution is -2.47. The van der Waals surface area contributed by atoms with E-state index >= 15 is 0 Å². The Labute approximate surface area is 167 Å². The first kappa shape index (κ1) is 20.5. The van der Waals surface area contributed by atoms with E-state index in [9.17, 15) is 0 Å². The van der Waals surface area contributed by atoms with Crippen LogP contribution in [0.25, 0.3) is 5.57 Å². The van der Waals surface area contributed by atoms with Gasteiger partial charge in [0, 0.05) is 37.4 Å². The lowest BCUT2D eigenvalue weighted by molar-refractivity contribution is 0.228. The van der Waals surface area contributed by atoms with Gasteiger partial charge in [-0.15, -0.1) is 0 Å². The van der Waals surface area contributed by atoms with Crippen LogP contribution in [0.2, 0.25) is 0 Å². The van der Waals surface area contributed by atoms with Gasteiger partial charge in [0.2, 0.25) is 0 Å². The topological polar surface area (TPSA) is 6.48 Å². The molecular weight excluding hydrogens is 328 g/mol. The van der Waals surface area contributed by atoms with Crippen LogP contribution in [0.15, 0.2) is 24.3 Å². The molecule has 1 fully saturated rings. The Morgan fingerprint density at radius 3 is 2.33 bits per heavy atom. The fraction of sp³-hybridized carbons (Fsp3) is 0.680. The third-order valence-electron chi connectivity index (χ3n) is 6.21.